The van der Waals surface area contributed by atoms with Crippen molar-refractivity contribution in [1.29, 1.82) is 0 Å². The molecule has 9 aliphatic carbocycles. The maximum absolute atomic E-state index is 12.7. The summed E-state index contributed by atoms with van der Waals surface area (Å²) >= 11 is 0. The minimum absolute atomic E-state index is 0.0298. The topological polar surface area (TPSA) is 666 Å². The third-order valence-corrected chi connectivity index (χ3v) is 40.6. The summed E-state index contributed by atoms with van der Waals surface area (Å²) in [5.41, 5.74) is -3.03. The van der Waals surface area contributed by atoms with Gasteiger partial charge in [-0.25, -0.2) is 0 Å². The summed E-state index contributed by atoms with van der Waals surface area (Å²) in [7, 11) is 0. The van der Waals surface area contributed by atoms with Gasteiger partial charge in [0.2, 0.25) is 0 Å². The van der Waals surface area contributed by atoms with Gasteiger partial charge in [0.25, 0.3) is 0 Å². The Kier molecular flexibility index (Phi) is 36.8. The van der Waals surface area contributed by atoms with Crippen LogP contribution in [0, 0.1) is 102 Å². The molecule has 27 N–H and O–H groups in total. The van der Waals surface area contributed by atoms with Crippen LogP contribution in [-0.2, 0) is 61.6 Å². The van der Waals surface area contributed by atoms with Crippen molar-refractivity contribution in [3.8, 4) is 0 Å². The Labute approximate surface area is 851 Å². The second-order valence-corrected chi connectivity index (χ2v) is 49.9. The summed E-state index contributed by atoms with van der Waals surface area (Å²) in [6, 6.07) is 0. The van der Waals surface area contributed by atoms with E-state index in [2.05, 4.69) is 95.2 Å². The highest BCUT2D eigenvalue weighted by Crippen LogP contribution is 2.78. The summed E-state index contributed by atoms with van der Waals surface area (Å²) in [4.78, 5) is 0. The zero-order valence-electron chi connectivity index (χ0n) is 87.8. The van der Waals surface area contributed by atoms with Crippen LogP contribution in [0.4, 0.5) is 0 Å². The highest BCUT2D eigenvalue weighted by molar-refractivity contribution is 5.34. The third kappa shape index (κ3) is 21.2. The van der Waals surface area contributed by atoms with Crippen LogP contribution >= 0.6 is 0 Å². The van der Waals surface area contributed by atoms with Crippen LogP contribution in [0.25, 0.3) is 0 Å². The molecule has 6 unspecified atom stereocenters. The fourth-order valence-electron chi connectivity index (χ4n) is 30.8. The summed E-state index contributed by atoms with van der Waals surface area (Å²) in [5.74, 6) is -0.268. The fourth-order valence-corrected chi connectivity index (χ4v) is 30.8. The van der Waals surface area contributed by atoms with Crippen molar-refractivity contribution in [1.82, 2.24) is 0 Å². The molecule has 0 radical (unpaired) electrons. The monoisotopic (exact) mass is 2080 g/mol. The van der Waals surface area contributed by atoms with Gasteiger partial charge in [0.1, 0.15) is 140 Å². The van der Waals surface area contributed by atoms with E-state index in [1.807, 2.05) is 0 Å². The van der Waals surface area contributed by atoms with Crippen molar-refractivity contribution in [2.24, 2.45) is 102 Å². The Hall–Kier alpha value is -2.12. The van der Waals surface area contributed by atoms with Crippen molar-refractivity contribution in [2.45, 2.75) is 491 Å². The van der Waals surface area contributed by atoms with E-state index in [9.17, 15) is 138 Å². The van der Waals surface area contributed by atoms with Gasteiger partial charge >= 0.3 is 0 Å². The highest BCUT2D eigenvalue weighted by Gasteiger charge is 2.74. The van der Waals surface area contributed by atoms with Gasteiger partial charge in [0, 0.05) is 40.1 Å². The lowest BCUT2D eigenvalue weighted by Gasteiger charge is -2.67. The van der Waals surface area contributed by atoms with E-state index in [4.69, 9.17) is 61.6 Å². The maximum Gasteiger partial charge on any atom is 0.187 e. The molecule has 6 saturated heterocycles. The van der Waals surface area contributed by atoms with E-state index in [0.29, 0.717) is 51.4 Å². The molecule has 13 fully saturated rings. The highest BCUT2D eigenvalue weighted by atomic mass is 16.8. The van der Waals surface area contributed by atoms with Crippen LogP contribution < -0.4 is 0 Å². The molecular weight excluding hydrogens is 1900 g/mol. The molecule has 55 atom stereocenters. The van der Waals surface area contributed by atoms with Crippen LogP contribution in [0.2, 0.25) is 0 Å². The molecule has 40 heteroatoms. The number of aliphatic hydroxyl groups excluding tert-OH is 25. The van der Waals surface area contributed by atoms with Crippen molar-refractivity contribution in [2.75, 3.05) is 39.6 Å². The van der Waals surface area contributed by atoms with Crippen LogP contribution in [0.3, 0.4) is 0 Å². The summed E-state index contributed by atoms with van der Waals surface area (Å²) < 4.78 is 78.8. The van der Waals surface area contributed by atoms with Gasteiger partial charge in [-0.1, -0.05) is 120 Å². The van der Waals surface area contributed by atoms with Crippen LogP contribution in [0.1, 0.15) is 240 Å². The lowest BCUT2D eigenvalue weighted by Crippen LogP contribution is -2.66. The van der Waals surface area contributed by atoms with E-state index >= 15 is 0 Å². The summed E-state index contributed by atoms with van der Waals surface area (Å²) in [5, 5.41) is 295. The minimum atomic E-state index is -1.94. The van der Waals surface area contributed by atoms with Gasteiger partial charge in [-0.3, -0.25) is 0 Å². The first-order chi connectivity index (χ1) is 67.7. The molecule has 6 heterocycles. The average Bonchev–Trinajstić information content (AvgIpc) is 1.59. The smallest absolute Gasteiger partial charge is 0.187 e. The Bertz CT molecular complexity index is 4250. The number of allylic oxidation sites excluding steroid dienone is 2. The van der Waals surface area contributed by atoms with Crippen LogP contribution in [0.15, 0.2) is 23.3 Å². The van der Waals surface area contributed by atoms with Gasteiger partial charge in [0.15, 0.2) is 37.7 Å². The van der Waals surface area contributed by atoms with Gasteiger partial charge in [-0.2, -0.15) is 0 Å². The number of aliphatic hydroxyl groups is 27. The van der Waals surface area contributed by atoms with E-state index < -0.39 is 313 Å². The third-order valence-electron chi connectivity index (χ3n) is 40.6. The lowest BCUT2D eigenvalue weighted by atomic mass is 9.38. The Balaban J connectivity index is 0.000000232. The summed E-state index contributed by atoms with van der Waals surface area (Å²) in [6.45, 7) is 32.4. The summed E-state index contributed by atoms with van der Waals surface area (Å²) in [6.07, 6.45) is -38.4. The Morgan fingerprint density at radius 2 is 0.697 bits per heavy atom. The van der Waals surface area contributed by atoms with Crippen molar-refractivity contribution >= 4 is 0 Å². The van der Waals surface area contributed by atoms with Crippen molar-refractivity contribution in [3.63, 3.8) is 0 Å². The standard InChI is InChI=1S/C56H96O22.C49H84O18/c1-24(27-16-17-54(7)34-13-11-28-29(56(34,9)35(61)19-55(27,54)8)12-15-36(52(28,3)4)76-49-45(69)42(66)40(64)31(21-58)73-49)10-14-37(53(5,6)71)77-51-48(43(67)41(65)32(22-59)74-51)78-50-46(70)44(68)47(33(23-60)75-50)72-30-18-26(20-57)39(63)38(62)25(30)2;1-10-26-33(54)35(56)38(59)42(62-26)66-40-28(21-51)64-43(39(60)37(40)58)67-41-36(57)34(55)27(20-50)63-44(41)65-32(46(5,6)61)16-11-22(2)23-17-18-47(7)29-14-12-24-25(13-15-30(52)45(24,3)4)49(29,9)31(53)19-48(23,47)8/h11,24-27,29-51,57-71H,10,12-23H2,1-9H3;12,22-23,25-44,50-61H,10-11,13-21H2,1-9H3/t24-,25-,26+,27?,29?,30+,31-,32-,33+,34?,35-,36+,37-,38+,39+,40-,41-,42+,43+,44+,45-,46+,47+,48-,49+,50-,51+,54+,55-,56+;22-,23?,25?,26-,27-,28-,29?,30+,31-,32-,33-,34-,35+,36+,37-,38-,39-,40-,41-,42+,43+,44+,47+,48-,49+/m11/s1. The van der Waals surface area contributed by atoms with E-state index in [1.165, 1.54) is 11.1 Å². The molecule has 40 nitrogen and oxygen atoms in total. The van der Waals surface area contributed by atoms with Gasteiger partial charge in [0.05, 0.1) is 105 Å². The van der Waals surface area contributed by atoms with E-state index in [0.717, 1.165) is 44.9 Å². The first kappa shape index (κ1) is 118. The molecule has 15 aliphatic rings. The molecule has 0 amide bonds. The molecule has 0 aromatic carbocycles. The molecule has 0 spiro atoms. The molecule has 7 saturated carbocycles. The average molecular weight is 2080 g/mol. The largest absolute Gasteiger partial charge is 0.396 e. The Morgan fingerprint density at radius 1 is 0.352 bits per heavy atom. The van der Waals surface area contributed by atoms with Crippen molar-refractivity contribution < 1.29 is 199 Å². The second kappa shape index (κ2) is 45.1. The first-order valence-electron chi connectivity index (χ1n) is 53.6. The molecule has 145 heavy (non-hydrogen) atoms. The second-order valence-electron chi connectivity index (χ2n) is 49.9. The predicted molar refractivity (Wildman–Crippen MR) is 512 cm³/mol. The van der Waals surface area contributed by atoms with Crippen LogP contribution in [-0.4, -0.2) is 428 Å². The number of rotatable bonds is 31. The number of ether oxygens (including phenoxy) is 13. The van der Waals surface area contributed by atoms with Gasteiger partial charge in [-0.05, 0) is 212 Å². The predicted octanol–water partition coefficient (Wildman–Crippen LogP) is -0.931. The molecule has 0 aromatic heterocycles. The van der Waals surface area contributed by atoms with Gasteiger partial charge in [-0.15, -0.1) is 0 Å². The number of fused-ring (bicyclic) bond motifs is 10. The number of hydrogen-bond acceptors (Lipinski definition) is 40. The zero-order chi connectivity index (χ0) is 107. The zero-order valence-corrected chi connectivity index (χ0v) is 87.8. The normalized spacial score (nSPS) is 51.2. The Morgan fingerprint density at radius 3 is 1.10 bits per heavy atom. The molecule has 0 bridgehead atoms. The molecule has 15 rings (SSSR count). The van der Waals surface area contributed by atoms with E-state index in [1.54, 1.807) is 41.5 Å². The van der Waals surface area contributed by atoms with Crippen molar-refractivity contribution in [3.05, 3.63) is 23.3 Å². The SMILES string of the molecule is CC[C@H]1O[C@@H](O[C@H]2[C@H](O)[C@@H](O)[C@H](O[C@H]3[C@H](O[C@H](CC[C@@H](C)C4CC[C@@]5(C)C6CC=C7C(CC[C@H](O)C7(C)C)[C@]6(C)[C@H](O)C[C@]45C)C(C)(C)O)O[C@H](CO)[C@@H](O)[C@@H]3O)O[C@@H]2CO)[C@H](O)[C@@H](O)[C@@H]1O.C[C@H]1[C@H](O)[C@@H](O)[C@H](CO)C[C@@H]1O[C@@H]1[C@@H](O)[C@H](O)[C@@H](O[C@H]2[C@H](O[C@H](CC[C@@H](C)C3CC[C@@]4(C)C5CC=C6C(CC[C@H](O[C@@H]7O[C@H](CO)[C@@H](O)[C@H](O)[C@H]7O)C6(C)C)[C@]5(C)[C@H](O)C[C@]34C)C(C)(C)O)O[C@H](CO)[C@@H](O)[C@@H]2O)O[C@H]1CO. The van der Waals surface area contributed by atoms with Gasteiger partial charge < -0.3 is 199 Å². The molecule has 6 aliphatic heterocycles. The quantitative estimate of drug-likeness (QED) is 0.0373. The molecular formula is C105H180O40. The molecule has 840 valence electrons. The van der Waals surface area contributed by atoms with E-state index in [-0.39, 0.29) is 99.1 Å². The maximum atomic E-state index is 12.7. The fraction of sp³-hybridized carbons (Fsp3) is 0.962. The minimum Gasteiger partial charge on any atom is -0.396 e. The molecule has 0 aromatic rings. The van der Waals surface area contributed by atoms with Crippen LogP contribution in [0.5, 0.6) is 0 Å². The lowest BCUT2D eigenvalue weighted by molar-refractivity contribution is -0.388. The first-order valence-corrected chi connectivity index (χ1v) is 53.6. The number of hydrogen-bond donors (Lipinski definition) is 27.